The number of carbonyl (C=O) groups excluding carboxylic acids is 2. The number of amides is 2. The van der Waals surface area contributed by atoms with Crippen LogP contribution in [0.4, 0.5) is 23.1 Å². The number of carboxylic acids is 4. The second kappa shape index (κ2) is 24.6. The minimum absolute atomic E-state index is 0.00113. The van der Waals surface area contributed by atoms with E-state index in [-0.39, 0.29) is 59.4 Å². The summed E-state index contributed by atoms with van der Waals surface area (Å²) in [6, 6.07) is 14.6. The fourth-order valence-electron chi connectivity index (χ4n) is 7.34. The number of benzene rings is 2. The van der Waals surface area contributed by atoms with Crippen LogP contribution < -0.4 is 31.9 Å². The molecule has 0 radical (unpaired) electrons. The molecule has 0 fully saturated rings. The van der Waals surface area contributed by atoms with Gasteiger partial charge in [0, 0.05) is 91.8 Å². The van der Waals surface area contributed by atoms with Gasteiger partial charge >= 0.3 is 23.9 Å². The summed E-state index contributed by atoms with van der Waals surface area (Å²) in [4.78, 5) is 99.5. The van der Waals surface area contributed by atoms with Crippen LogP contribution in [0.25, 0.3) is 28.1 Å². The molecular formula is C53H62N12O10. The summed E-state index contributed by atoms with van der Waals surface area (Å²) < 4.78 is 0. The van der Waals surface area contributed by atoms with Gasteiger partial charge in [0.1, 0.15) is 17.9 Å². The predicted octanol–water partition coefficient (Wildman–Crippen LogP) is 6.09. The highest BCUT2D eigenvalue weighted by molar-refractivity contribution is 5.98. The Labute approximate surface area is 432 Å². The first-order valence-electron chi connectivity index (χ1n) is 23.6. The number of nitrogens with zero attached hydrogens (tertiary/aromatic N) is 8. The van der Waals surface area contributed by atoms with Gasteiger partial charge in [-0.3, -0.25) is 19.2 Å². The maximum absolute atomic E-state index is 12.6. The number of nitrogens with one attached hydrogen (secondary N) is 2. The quantitative estimate of drug-likeness (QED) is 0.0425. The van der Waals surface area contributed by atoms with Crippen LogP contribution in [0.2, 0.25) is 0 Å². The molecule has 6 rings (SSSR count). The first-order valence-corrected chi connectivity index (χ1v) is 23.6. The van der Waals surface area contributed by atoms with Crippen LogP contribution in [0.15, 0.2) is 84.9 Å². The van der Waals surface area contributed by atoms with Crippen LogP contribution in [-0.4, -0.2) is 112 Å². The maximum atomic E-state index is 12.6. The summed E-state index contributed by atoms with van der Waals surface area (Å²) >= 11 is 0. The maximum Gasteiger partial charge on any atom is 0.326 e. The van der Waals surface area contributed by atoms with Crippen molar-refractivity contribution in [3.05, 3.63) is 119 Å². The number of nitrogens with two attached hydrogens (primary N) is 2. The molecule has 2 atom stereocenters. The van der Waals surface area contributed by atoms with E-state index in [1.165, 1.54) is 0 Å². The lowest BCUT2D eigenvalue weighted by Crippen LogP contribution is -2.41. The molecule has 0 aliphatic heterocycles. The van der Waals surface area contributed by atoms with Crippen molar-refractivity contribution in [2.45, 2.75) is 97.8 Å². The number of pyridine rings is 2. The highest BCUT2D eigenvalue weighted by atomic mass is 16.4. The lowest BCUT2D eigenvalue weighted by molar-refractivity contribution is -0.142. The van der Waals surface area contributed by atoms with E-state index >= 15 is 0 Å². The molecule has 75 heavy (non-hydrogen) atoms. The second-order valence-electron chi connectivity index (χ2n) is 19.8. The van der Waals surface area contributed by atoms with Gasteiger partial charge in [0.05, 0.1) is 11.1 Å². The van der Waals surface area contributed by atoms with Crippen molar-refractivity contribution in [2.75, 3.05) is 35.4 Å². The number of anilines is 4. The number of nitrogen functional groups attached to an aromatic ring is 2. The number of aromatic nitrogens is 6. The molecule has 0 aliphatic carbocycles. The zero-order valence-electron chi connectivity index (χ0n) is 43.0. The Morgan fingerprint density at radius 3 is 1.49 bits per heavy atom. The summed E-state index contributed by atoms with van der Waals surface area (Å²) in [5.41, 5.74) is 20.3. The molecule has 0 spiro atoms. The summed E-state index contributed by atoms with van der Waals surface area (Å²) in [7, 11) is 3.77. The number of aliphatic carboxylic acids is 4. The van der Waals surface area contributed by atoms with Crippen molar-refractivity contribution in [2.24, 2.45) is 5.41 Å². The van der Waals surface area contributed by atoms with Crippen molar-refractivity contribution in [1.29, 1.82) is 0 Å². The van der Waals surface area contributed by atoms with Gasteiger partial charge in [0.15, 0.2) is 17.1 Å². The van der Waals surface area contributed by atoms with Crippen molar-refractivity contribution >= 4 is 87.0 Å². The predicted molar refractivity (Wildman–Crippen MR) is 283 cm³/mol. The first-order chi connectivity index (χ1) is 35.2. The van der Waals surface area contributed by atoms with Crippen molar-refractivity contribution in [3.63, 3.8) is 0 Å². The van der Waals surface area contributed by atoms with E-state index in [1.54, 1.807) is 67.0 Å². The summed E-state index contributed by atoms with van der Waals surface area (Å²) in [5, 5.41) is 42.3. The highest BCUT2D eigenvalue weighted by Gasteiger charge is 2.25. The molecular weight excluding hydrogens is 965 g/mol. The van der Waals surface area contributed by atoms with Crippen molar-refractivity contribution in [1.82, 2.24) is 40.5 Å². The Morgan fingerprint density at radius 1 is 0.640 bits per heavy atom. The second-order valence-corrected chi connectivity index (χ2v) is 19.8. The molecule has 0 saturated heterocycles. The number of hydrogen-bond acceptors (Lipinski definition) is 16. The van der Waals surface area contributed by atoms with Crippen LogP contribution in [0.5, 0.6) is 0 Å². The Balaban J connectivity index is 0.000000285. The van der Waals surface area contributed by atoms with E-state index in [4.69, 9.17) is 26.7 Å². The molecule has 2 aromatic carbocycles. The van der Waals surface area contributed by atoms with Gasteiger partial charge in [0.25, 0.3) is 11.8 Å². The van der Waals surface area contributed by atoms with Gasteiger partial charge in [-0.15, -0.1) is 5.73 Å². The molecule has 6 aromatic rings. The lowest BCUT2D eigenvalue weighted by atomic mass is 9.89. The fourth-order valence-corrected chi connectivity index (χ4v) is 7.34. The number of carboxylic acid groups (broad SMARTS) is 4. The van der Waals surface area contributed by atoms with E-state index in [9.17, 15) is 39.0 Å². The average molecular weight is 1030 g/mol. The van der Waals surface area contributed by atoms with Crippen molar-refractivity contribution < 1.29 is 49.2 Å². The lowest BCUT2D eigenvalue weighted by Gasteiger charge is -2.22. The molecule has 22 heteroatoms. The monoisotopic (exact) mass is 1030 g/mol. The van der Waals surface area contributed by atoms with E-state index < -0.39 is 47.8 Å². The third-order valence-corrected chi connectivity index (χ3v) is 11.2. The number of hydrogen-bond donors (Lipinski definition) is 8. The highest BCUT2D eigenvalue weighted by Crippen LogP contribution is 2.29. The Hall–Kier alpha value is -9.04. The molecule has 2 unspecified atom stereocenters. The van der Waals surface area contributed by atoms with Crippen molar-refractivity contribution in [3.8, 4) is 0 Å². The molecule has 394 valence electrons. The van der Waals surface area contributed by atoms with Gasteiger partial charge in [0.2, 0.25) is 5.95 Å². The zero-order chi connectivity index (χ0) is 55.4. The van der Waals surface area contributed by atoms with E-state index in [0.717, 1.165) is 33.6 Å². The fraction of sp³-hybridized carbons (Fsp3) is 0.340. The Kier molecular flexibility index (Phi) is 18.6. The normalized spacial score (nSPS) is 12.0. The third-order valence-electron chi connectivity index (χ3n) is 11.2. The number of carbonyl (C=O) groups is 6. The minimum Gasteiger partial charge on any atom is -0.481 e. The van der Waals surface area contributed by atoms with Crippen LogP contribution >= 0.6 is 0 Å². The molecule has 10 N–H and O–H groups in total. The summed E-state index contributed by atoms with van der Waals surface area (Å²) in [5.74, 6) is -5.17. The van der Waals surface area contributed by atoms with Crippen LogP contribution in [0.3, 0.4) is 0 Å². The van der Waals surface area contributed by atoms with Gasteiger partial charge in [-0.25, -0.2) is 29.5 Å². The van der Waals surface area contributed by atoms with Crippen LogP contribution in [0, 0.1) is 5.41 Å². The van der Waals surface area contributed by atoms with E-state index in [1.807, 2.05) is 36.0 Å². The molecule has 4 heterocycles. The first kappa shape index (κ1) is 56.9. The SMILES string of the molecule is CN(Cc1cnc2nc(C=C=CC(C)(C)C)nc(C(C)(C)C)c2c1)c1ccc(C(=O)NC(CCC(=O)O)C(=O)O)cc1.CN(Cc1cnc2nc(N)nc(N)c2c1)c1ccc(C(=O)NC(CCC(=O)O)C(=O)O)cc1. The topological polar surface area (TPSA) is 343 Å². The smallest absolute Gasteiger partial charge is 0.326 e. The van der Waals surface area contributed by atoms with Crippen LogP contribution in [-0.2, 0) is 37.7 Å². The largest absolute Gasteiger partial charge is 0.481 e. The standard InChI is InChI=1S/C32H39N5O5.C21H23N7O5/c1-31(2,3)16-8-9-25-35-27(32(4,5)6)23-17-20(18-33-28(23)36-25)19-37(7)22-12-10-21(11-13-22)29(40)34-24(30(41)42)14-15-26(38)39;1-28(10-11-8-14-17(22)26-21(23)27-18(14)24-9-11)13-4-2-12(3-5-13)19(31)25-15(20(32)33)6-7-16(29)30/h9-13,16-18,24H,14-15,19H2,1-7H3,(H,34,40)(H,38,39)(H,41,42);2-5,8-9,15H,6-7,10H2,1H3,(H,25,31)(H,29,30)(H,32,33)(H4,22,23,24,26,27). The van der Waals surface area contributed by atoms with E-state index in [0.29, 0.717) is 35.6 Å². The summed E-state index contributed by atoms with van der Waals surface area (Å²) in [6.07, 6.45) is 6.08. The molecule has 22 nitrogen and oxygen atoms in total. The third kappa shape index (κ3) is 16.8. The molecule has 2 amide bonds. The van der Waals surface area contributed by atoms with E-state index in [2.05, 4.69) is 88.9 Å². The summed E-state index contributed by atoms with van der Waals surface area (Å²) in [6.45, 7) is 13.6. The molecule has 0 aliphatic rings. The molecule has 4 aromatic heterocycles. The zero-order valence-corrected chi connectivity index (χ0v) is 43.0. The number of fused-ring (bicyclic) bond motifs is 2. The van der Waals surface area contributed by atoms with Gasteiger partial charge in [-0.05, 0) is 96.1 Å². The Bertz CT molecular complexity index is 3150. The number of allylic oxidation sites excluding steroid dienone is 1. The minimum atomic E-state index is -1.29. The molecule has 0 bridgehead atoms. The number of rotatable bonds is 19. The molecule has 0 saturated carbocycles. The van der Waals surface area contributed by atoms with Crippen LogP contribution in [0.1, 0.15) is 111 Å². The van der Waals surface area contributed by atoms with Gasteiger partial charge in [-0.1, -0.05) is 41.5 Å². The van der Waals surface area contributed by atoms with Gasteiger partial charge in [-0.2, -0.15) is 9.97 Å². The average Bonchev–Trinajstić information content (AvgIpc) is 3.33. The van der Waals surface area contributed by atoms with Gasteiger partial charge < -0.3 is 52.3 Å². The Morgan fingerprint density at radius 2 is 1.08 bits per heavy atom.